The number of hydrogen-bond donors (Lipinski definition) is 1. The molecule has 0 bridgehead atoms. The van der Waals surface area contributed by atoms with Gasteiger partial charge in [-0.05, 0) is 38.0 Å². The van der Waals surface area contributed by atoms with Gasteiger partial charge in [0.25, 0.3) is 5.91 Å². The third kappa shape index (κ3) is 4.36. The maximum atomic E-state index is 12.4. The average Bonchev–Trinajstić information content (AvgIpc) is 3.24. The molecule has 1 N–H and O–H groups in total. The Balaban J connectivity index is 1.52. The van der Waals surface area contributed by atoms with Crippen LogP contribution >= 0.6 is 11.6 Å². The Morgan fingerprint density at radius 3 is 2.73 bits per heavy atom. The quantitative estimate of drug-likeness (QED) is 0.799. The van der Waals surface area contributed by atoms with E-state index >= 15 is 0 Å². The Labute approximate surface area is 157 Å². The number of amides is 2. The number of carbonyl (C=O) groups excluding carboxylic acids is 3. The number of benzene rings is 1. The molecule has 0 radical (unpaired) electrons. The second kappa shape index (κ2) is 8.08. The van der Waals surface area contributed by atoms with E-state index in [-0.39, 0.29) is 18.4 Å². The van der Waals surface area contributed by atoms with Crippen molar-refractivity contribution in [2.75, 3.05) is 11.9 Å². The number of anilines is 1. The van der Waals surface area contributed by atoms with Crippen LogP contribution in [-0.4, -0.2) is 41.4 Å². The van der Waals surface area contributed by atoms with E-state index < -0.39 is 23.9 Å². The summed E-state index contributed by atoms with van der Waals surface area (Å²) in [5.74, 6) is -1.41. The van der Waals surface area contributed by atoms with Gasteiger partial charge in [-0.2, -0.15) is 0 Å². The van der Waals surface area contributed by atoms with Crippen LogP contribution in [0.3, 0.4) is 0 Å². The zero-order valence-electron chi connectivity index (χ0n) is 14.7. The smallest absolute Gasteiger partial charge is 0.312 e. The lowest BCUT2D eigenvalue weighted by Gasteiger charge is -2.24. The molecule has 6 nitrogen and oxygen atoms in total. The highest BCUT2D eigenvalue weighted by atomic mass is 35.5. The summed E-state index contributed by atoms with van der Waals surface area (Å²) in [6, 6.07) is 6.99. The molecule has 1 aromatic rings. The Morgan fingerprint density at radius 1 is 1.31 bits per heavy atom. The molecule has 0 unspecified atom stereocenters. The van der Waals surface area contributed by atoms with Crippen molar-refractivity contribution in [1.82, 2.24) is 4.90 Å². The Bertz CT molecular complexity index is 703. The lowest BCUT2D eigenvalue weighted by atomic mass is 10.1. The first-order valence-electron chi connectivity index (χ1n) is 9.00. The van der Waals surface area contributed by atoms with Gasteiger partial charge in [0.15, 0.2) is 6.10 Å². The fraction of sp³-hybridized carbons (Fsp3) is 0.526. The van der Waals surface area contributed by atoms with Crippen molar-refractivity contribution in [2.24, 2.45) is 5.92 Å². The van der Waals surface area contributed by atoms with Crippen LogP contribution in [0.4, 0.5) is 5.69 Å². The van der Waals surface area contributed by atoms with Gasteiger partial charge in [-0.3, -0.25) is 14.4 Å². The zero-order valence-corrected chi connectivity index (χ0v) is 15.5. The first-order valence-corrected chi connectivity index (χ1v) is 9.38. The fourth-order valence-electron chi connectivity index (χ4n) is 3.59. The lowest BCUT2D eigenvalue weighted by molar-refractivity contribution is -0.157. The molecule has 2 amide bonds. The highest BCUT2D eigenvalue weighted by molar-refractivity contribution is 6.30. The molecule has 1 aliphatic carbocycles. The first-order chi connectivity index (χ1) is 12.4. The Hall–Kier alpha value is -2.08. The van der Waals surface area contributed by atoms with Gasteiger partial charge < -0.3 is 15.0 Å². The number of likely N-dealkylation sites (tertiary alicyclic amines) is 1. The summed E-state index contributed by atoms with van der Waals surface area (Å²) in [5.41, 5.74) is 0.536. The molecule has 1 saturated heterocycles. The van der Waals surface area contributed by atoms with Gasteiger partial charge in [-0.15, -0.1) is 0 Å². The minimum Gasteiger partial charge on any atom is -0.452 e. The molecular formula is C19H23ClN2O4. The van der Waals surface area contributed by atoms with E-state index in [9.17, 15) is 14.4 Å². The molecule has 2 atom stereocenters. The molecule has 2 aliphatic rings. The van der Waals surface area contributed by atoms with Crippen LogP contribution < -0.4 is 5.32 Å². The fourth-order valence-corrected chi connectivity index (χ4v) is 3.78. The van der Waals surface area contributed by atoms with Gasteiger partial charge >= 0.3 is 5.97 Å². The summed E-state index contributed by atoms with van der Waals surface area (Å²) >= 11 is 5.89. The predicted molar refractivity (Wildman–Crippen MR) is 97.7 cm³/mol. The van der Waals surface area contributed by atoms with E-state index in [4.69, 9.17) is 16.3 Å². The lowest BCUT2D eigenvalue weighted by Crippen LogP contribution is -2.36. The van der Waals surface area contributed by atoms with Gasteiger partial charge in [-0.25, -0.2) is 0 Å². The van der Waals surface area contributed by atoms with Gasteiger partial charge in [0, 0.05) is 29.7 Å². The number of rotatable bonds is 5. The van der Waals surface area contributed by atoms with Crippen molar-refractivity contribution in [2.45, 2.75) is 51.2 Å². The van der Waals surface area contributed by atoms with Crippen molar-refractivity contribution in [3.63, 3.8) is 0 Å². The molecule has 2 fully saturated rings. The first kappa shape index (κ1) is 18.7. The van der Waals surface area contributed by atoms with E-state index in [1.54, 1.807) is 24.3 Å². The minimum absolute atomic E-state index is 0.00915. The molecule has 1 heterocycles. The topological polar surface area (TPSA) is 75.7 Å². The van der Waals surface area contributed by atoms with E-state index in [0.29, 0.717) is 17.3 Å². The molecule has 140 valence electrons. The summed E-state index contributed by atoms with van der Waals surface area (Å²) < 4.78 is 5.29. The second-order valence-electron chi connectivity index (χ2n) is 6.96. The van der Waals surface area contributed by atoms with Crippen LogP contribution in [0, 0.1) is 5.92 Å². The van der Waals surface area contributed by atoms with Gasteiger partial charge in [-0.1, -0.05) is 30.5 Å². The number of ether oxygens (including phenoxy) is 1. The van der Waals surface area contributed by atoms with Gasteiger partial charge in [0.1, 0.15) is 0 Å². The van der Waals surface area contributed by atoms with E-state index in [2.05, 4.69) is 5.32 Å². The second-order valence-corrected chi connectivity index (χ2v) is 7.40. The number of hydrogen-bond acceptors (Lipinski definition) is 4. The standard InChI is InChI=1S/C19H23ClN2O4/c1-12(18(24)21-15-6-4-5-14(20)10-15)26-19(25)13-9-17(23)22(11-13)16-7-2-3-8-16/h4-6,10,12-13,16H,2-3,7-9,11H2,1H3,(H,21,24)/t12-,13+/m0/s1. The summed E-state index contributed by atoms with van der Waals surface area (Å²) in [6.45, 7) is 1.91. The number of halogens is 1. The largest absolute Gasteiger partial charge is 0.452 e. The van der Waals surface area contributed by atoms with Crippen LogP contribution in [0.1, 0.15) is 39.0 Å². The third-order valence-electron chi connectivity index (χ3n) is 5.01. The number of esters is 1. The molecular weight excluding hydrogens is 356 g/mol. The highest BCUT2D eigenvalue weighted by Crippen LogP contribution is 2.30. The van der Waals surface area contributed by atoms with Crippen LogP contribution in [0.5, 0.6) is 0 Å². The van der Waals surface area contributed by atoms with E-state index in [0.717, 1.165) is 25.7 Å². The van der Waals surface area contributed by atoms with Crippen molar-refractivity contribution in [1.29, 1.82) is 0 Å². The summed E-state index contributed by atoms with van der Waals surface area (Å²) in [5, 5.41) is 3.17. The molecule has 7 heteroatoms. The average molecular weight is 379 g/mol. The predicted octanol–water partition coefficient (Wildman–Crippen LogP) is 3.00. The Kier molecular flexibility index (Phi) is 5.81. The van der Waals surface area contributed by atoms with E-state index in [1.165, 1.54) is 6.92 Å². The van der Waals surface area contributed by atoms with Crippen molar-refractivity contribution in [3.8, 4) is 0 Å². The Morgan fingerprint density at radius 2 is 2.04 bits per heavy atom. The summed E-state index contributed by atoms with van der Waals surface area (Å²) in [7, 11) is 0. The number of nitrogens with one attached hydrogen (secondary N) is 1. The maximum absolute atomic E-state index is 12.4. The molecule has 1 aromatic carbocycles. The van der Waals surface area contributed by atoms with E-state index in [1.807, 2.05) is 4.90 Å². The molecule has 0 spiro atoms. The zero-order chi connectivity index (χ0) is 18.7. The van der Waals surface area contributed by atoms with Crippen molar-refractivity contribution >= 4 is 35.1 Å². The van der Waals surface area contributed by atoms with Crippen LogP contribution in [-0.2, 0) is 19.1 Å². The van der Waals surface area contributed by atoms with Crippen LogP contribution in [0.15, 0.2) is 24.3 Å². The van der Waals surface area contributed by atoms with Crippen LogP contribution in [0.2, 0.25) is 5.02 Å². The maximum Gasteiger partial charge on any atom is 0.312 e. The summed E-state index contributed by atoms with van der Waals surface area (Å²) in [4.78, 5) is 38.6. The number of nitrogens with zero attached hydrogens (tertiary/aromatic N) is 1. The summed E-state index contributed by atoms with van der Waals surface area (Å²) in [6.07, 6.45) is 3.49. The van der Waals surface area contributed by atoms with Crippen molar-refractivity contribution in [3.05, 3.63) is 29.3 Å². The van der Waals surface area contributed by atoms with Gasteiger partial charge in [0.2, 0.25) is 5.91 Å². The SMILES string of the molecule is C[C@H](OC(=O)[C@@H]1CC(=O)N(C2CCCC2)C1)C(=O)Nc1cccc(Cl)c1. The van der Waals surface area contributed by atoms with Crippen molar-refractivity contribution < 1.29 is 19.1 Å². The normalized spacial score (nSPS) is 21.7. The monoisotopic (exact) mass is 378 g/mol. The highest BCUT2D eigenvalue weighted by Gasteiger charge is 2.40. The molecule has 3 rings (SSSR count). The number of carbonyl (C=O) groups is 3. The third-order valence-corrected chi connectivity index (χ3v) is 5.25. The molecule has 0 aromatic heterocycles. The molecule has 1 aliphatic heterocycles. The molecule has 1 saturated carbocycles. The van der Waals surface area contributed by atoms with Gasteiger partial charge in [0.05, 0.1) is 5.92 Å². The molecule has 26 heavy (non-hydrogen) atoms. The van der Waals surface area contributed by atoms with Crippen LogP contribution in [0.25, 0.3) is 0 Å². The minimum atomic E-state index is -0.947.